The molecule has 0 spiro atoms. The summed E-state index contributed by atoms with van der Waals surface area (Å²) in [5.74, 6) is -0.495. The zero-order valence-corrected chi connectivity index (χ0v) is 13.8. The first-order valence-electron chi connectivity index (χ1n) is 6.58. The minimum Gasteiger partial charge on any atom is -0.358 e. The van der Waals surface area contributed by atoms with Gasteiger partial charge in [0, 0.05) is 7.05 Å². The van der Waals surface area contributed by atoms with Crippen LogP contribution in [-0.2, 0) is 20.0 Å². The Morgan fingerprint density at radius 3 is 2.25 bits per heavy atom. The lowest BCUT2D eigenvalue weighted by molar-refractivity contribution is -0.119. The third kappa shape index (κ3) is 3.20. The molecule has 1 amide bonds. The predicted molar refractivity (Wildman–Crippen MR) is 80.6 cm³/mol. The van der Waals surface area contributed by atoms with Crippen molar-refractivity contribution in [2.75, 3.05) is 7.05 Å². The molecule has 0 aliphatic rings. The normalized spacial score (nSPS) is 13.9. The van der Waals surface area contributed by atoms with Crippen LogP contribution < -0.4 is 5.32 Å². The monoisotopic (exact) mass is 297 g/mol. The smallest absolute Gasteiger partial charge is 0.238 e. The molecule has 1 atom stereocenters. The van der Waals surface area contributed by atoms with Crippen molar-refractivity contribution in [1.29, 1.82) is 0 Å². The zero-order chi connectivity index (χ0) is 15.7. The van der Waals surface area contributed by atoms with E-state index in [9.17, 15) is 13.2 Å². The molecule has 0 bridgehead atoms. The highest BCUT2D eigenvalue weighted by Gasteiger charge is 2.31. The summed E-state index contributed by atoms with van der Waals surface area (Å²) in [6.45, 7) is 9.23. The number of amides is 1. The number of hydrogen-bond donors (Lipinski definition) is 1. The molecule has 1 N–H and O–H groups in total. The third-order valence-electron chi connectivity index (χ3n) is 3.44. The Morgan fingerprint density at radius 1 is 1.25 bits per heavy atom. The maximum absolute atomic E-state index is 12.6. The van der Waals surface area contributed by atoms with Gasteiger partial charge in [-0.3, -0.25) is 4.79 Å². The van der Waals surface area contributed by atoms with Gasteiger partial charge in [0.05, 0.1) is 4.90 Å². The van der Waals surface area contributed by atoms with Gasteiger partial charge in [0.2, 0.25) is 5.91 Å². The fourth-order valence-electron chi connectivity index (χ4n) is 1.91. The van der Waals surface area contributed by atoms with E-state index in [0.717, 1.165) is 5.56 Å². The second-order valence-electron chi connectivity index (χ2n) is 6.03. The van der Waals surface area contributed by atoms with Crippen LogP contribution in [0.4, 0.5) is 0 Å². The Bertz CT molecular complexity index is 612. The molecule has 0 aliphatic carbocycles. The minimum absolute atomic E-state index is 0.145. The van der Waals surface area contributed by atoms with Gasteiger partial charge in [-0.05, 0) is 36.5 Å². The topological polar surface area (TPSA) is 63.2 Å². The number of aryl methyl sites for hydroxylation is 1. The van der Waals surface area contributed by atoms with Crippen LogP contribution in [-0.4, -0.2) is 26.6 Å². The van der Waals surface area contributed by atoms with Crippen LogP contribution in [0.2, 0.25) is 0 Å². The lowest BCUT2D eigenvalue weighted by Gasteiger charge is -2.21. The molecule has 5 heteroatoms. The standard InChI is InChI=1S/C15H23NO3S/c1-10-7-8-12(15(3,4)5)9-13(10)20(18,19)11(2)14(17)16-6/h7-9,11H,1-6H3,(H,16,17)/t11-/m1/s1. The second-order valence-corrected chi connectivity index (χ2v) is 8.27. The molecular weight excluding hydrogens is 274 g/mol. The molecule has 1 aromatic rings. The van der Waals surface area contributed by atoms with Gasteiger partial charge in [-0.15, -0.1) is 0 Å². The van der Waals surface area contributed by atoms with E-state index in [1.165, 1.54) is 14.0 Å². The van der Waals surface area contributed by atoms with Crippen molar-refractivity contribution < 1.29 is 13.2 Å². The van der Waals surface area contributed by atoms with Crippen LogP contribution in [0, 0.1) is 6.92 Å². The van der Waals surface area contributed by atoms with Crippen LogP contribution in [0.1, 0.15) is 38.8 Å². The molecule has 1 aromatic carbocycles. The summed E-state index contributed by atoms with van der Waals surface area (Å²) in [7, 11) is -2.24. The lowest BCUT2D eigenvalue weighted by Crippen LogP contribution is -2.36. The van der Waals surface area contributed by atoms with E-state index < -0.39 is 21.0 Å². The molecule has 0 radical (unpaired) electrons. The van der Waals surface area contributed by atoms with E-state index in [1.54, 1.807) is 19.1 Å². The lowest BCUT2D eigenvalue weighted by atomic mass is 9.87. The second kappa shape index (κ2) is 5.56. The molecule has 4 nitrogen and oxygen atoms in total. The van der Waals surface area contributed by atoms with E-state index in [-0.39, 0.29) is 10.3 Å². The van der Waals surface area contributed by atoms with Gasteiger partial charge < -0.3 is 5.32 Å². The Balaban J connectivity index is 3.42. The summed E-state index contributed by atoms with van der Waals surface area (Å²) < 4.78 is 25.1. The number of sulfone groups is 1. The summed E-state index contributed by atoms with van der Waals surface area (Å²) in [5.41, 5.74) is 1.45. The maximum atomic E-state index is 12.6. The first kappa shape index (κ1) is 16.7. The van der Waals surface area contributed by atoms with Crippen LogP contribution in [0.15, 0.2) is 23.1 Å². The summed E-state index contributed by atoms with van der Waals surface area (Å²) in [5, 5.41) is 1.29. The van der Waals surface area contributed by atoms with Crippen LogP contribution in [0.25, 0.3) is 0 Å². The fourth-order valence-corrected chi connectivity index (χ4v) is 3.50. The van der Waals surface area contributed by atoms with Crippen molar-refractivity contribution in [3.63, 3.8) is 0 Å². The van der Waals surface area contributed by atoms with Gasteiger partial charge in [-0.1, -0.05) is 32.9 Å². The third-order valence-corrected chi connectivity index (χ3v) is 5.64. The molecule has 0 aliphatic heterocycles. The molecule has 0 aromatic heterocycles. The molecular formula is C15H23NO3S. The van der Waals surface area contributed by atoms with E-state index in [4.69, 9.17) is 0 Å². The molecule has 0 fully saturated rings. The molecule has 0 saturated heterocycles. The average Bonchev–Trinajstić information content (AvgIpc) is 2.35. The number of rotatable bonds is 3. The van der Waals surface area contributed by atoms with Gasteiger partial charge in [0.25, 0.3) is 0 Å². The number of nitrogens with one attached hydrogen (secondary N) is 1. The summed E-state index contributed by atoms with van der Waals surface area (Å²) >= 11 is 0. The summed E-state index contributed by atoms with van der Waals surface area (Å²) in [4.78, 5) is 11.9. The number of hydrogen-bond acceptors (Lipinski definition) is 3. The van der Waals surface area contributed by atoms with Crippen molar-refractivity contribution >= 4 is 15.7 Å². The first-order valence-corrected chi connectivity index (χ1v) is 8.13. The summed E-state index contributed by atoms with van der Waals surface area (Å²) in [6.07, 6.45) is 0. The van der Waals surface area contributed by atoms with Gasteiger partial charge >= 0.3 is 0 Å². The molecule has 0 unspecified atom stereocenters. The highest BCUT2D eigenvalue weighted by atomic mass is 32.2. The van der Waals surface area contributed by atoms with Gasteiger partial charge in [-0.25, -0.2) is 8.42 Å². The van der Waals surface area contributed by atoms with Gasteiger partial charge in [0.1, 0.15) is 5.25 Å². The van der Waals surface area contributed by atoms with Crippen LogP contribution in [0.5, 0.6) is 0 Å². The molecule has 0 saturated carbocycles. The Morgan fingerprint density at radius 2 is 1.80 bits per heavy atom. The van der Waals surface area contributed by atoms with Gasteiger partial charge in [0.15, 0.2) is 9.84 Å². The van der Waals surface area contributed by atoms with Crippen LogP contribution >= 0.6 is 0 Å². The number of carbonyl (C=O) groups excluding carboxylic acids is 1. The number of benzene rings is 1. The van der Waals surface area contributed by atoms with Gasteiger partial charge in [-0.2, -0.15) is 0 Å². The Kier molecular flexibility index (Phi) is 4.64. The van der Waals surface area contributed by atoms with Crippen molar-refractivity contribution in [1.82, 2.24) is 5.32 Å². The molecule has 0 heterocycles. The van der Waals surface area contributed by atoms with E-state index in [0.29, 0.717) is 5.56 Å². The van der Waals surface area contributed by atoms with Crippen molar-refractivity contribution in [3.05, 3.63) is 29.3 Å². The van der Waals surface area contributed by atoms with E-state index in [2.05, 4.69) is 5.32 Å². The predicted octanol–water partition coefficient (Wildman–Crippen LogP) is 2.20. The maximum Gasteiger partial charge on any atom is 0.238 e. The largest absolute Gasteiger partial charge is 0.358 e. The SMILES string of the molecule is CNC(=O)[C@@H](C)S(=O)(=O)c1cc(C(C)(C)C)ccc1C. The molecule has 112 valence electrons. The van der Waals surface area contributed by atoms with Crippen molar-refractivity contribution in [3.8, 4) is 0 Å². The quantitative estimate of drug-likeness (QED) is 0.930. The Labute approximate surface area is 121 Å². The van der Waals surface area contributed by atoms with Crippen molar-refractivity contribution in [2.45, 2.75) is 50.2 Å². The fraction of sp³-hybridized carbons (Fsp3) is 0.533. The first-order chi connectivity index (χ1) is 9.01. The average molecular weight is 297 g/mol. The molecule has 1 rings (SSSR count). The van der Waals surface area contributed by atoms with E-state index >= 15 is 0 Å². The molecule has 20 heavy (non-hydrogen) atoms. The van der Waals surface area contributed by atoms with E-state index in [1.807, 2.05) is 26.8 Å². The summed E-state index contributed by atoms with van der Waals surface area (Å²) in [6, 6.07) is 5.41. The van der Waals surface area contributed by atoms with Crippen molar-refractivity contribution in [2.24, 2.45) is 0 Å². The highest BCUT2D eigenvalue weighted by Crippen LogP contribution is 2.28. The number of carbonyl (C=O) groups is 1. The Hall–Kier alpha value is -1.36. The van der Waals surface area contributed by atoms with Crippen LogP contribution in [0.3, 0.4) is 0 Å². The minimum atomic E-state index is -3.68. The highest BCUT2D eigenvalue weighted by molar-refractivity contribution is 7.92. The zero-order valence-electron chi connectivity index (χ0n) is 12.9.